The molecular formula is C29H29ClN4O4S. The largest absolute Gasteiger partial charge is 0.492 e. The average Bonchev–Trinajstić information content (AvgIpc) is 3.21. The predicted octanol–water partition coefficient (Wildman–Crippen LogP) is 5.49. The second kappa shape index (κ2) is 12.2. The molecule has 0 aliphatic carbocycles. The lowest BCUT2D eigenvalue weighted by Crippen LogP contribution is -2.39. The van der Waals surface area contributed by atoms with Crippen molar-refractivity contribution in [2.45, 2.75) is 25.7 Å². The van der Waals surface area contributed by atoms with Crippen LogP contribution in [0.2, 0.25) is 5.02 Å². The van der Waals surface area contributed by atoms with E-state index in [2.05, 4.69) is 10.5 Å². The summed E-state index contributed by atoms with van der Waals surface area (Å²) in [7, 11) is -4.08. The highest BCUT2D eigenvalue weighted by molar-refractivity contribution is 7.92. The number of halogens is 1. The van der Waals surface area contributed by atoms with Gasteiger partial charge in [-0.3, -0.25) is 9.10 Å². The van der Waals surface area contributed by atoms with Crippen molar-refractivity contribution >= 4 is 39.4 Å². The summed E-state index contributed by atoms with van der Waals surface area (Å²) in [6, 6.07) is 24.1. The first-order valence-corrected chi connectivity index (χ1v) is 14.1. The van der Waals surface area contributed by atoms with Gasteiger partial charge in [0.15, 0.2) is 0 Å². The van der Waals surface area contributed by atoms with Crippen LogP contribution in [-0.4, -0.2) is 38.3 Å². The van der Waals surface area contributed by atoms with Crippen LogP contribution < -0.4 is 14.5 Å². The molecule has 0 radical (unpaired) electrons. The number of carbonyl (C=O) groups is 1. The summed E-state index contributed by atoms with van der Waals surface area (Å²) in [5.41, 5.74) is 6.31. The van der Waals surface area contributed by atoms with Crippen LogP contribution in [-0.2, 0) is 14.8 Å². The van der Waals surface area contributed by atoms with Crippen LogP contribution in [0.1, 0.15) is 23.9 Å². The summed E-state index contributed by atoms with van der Waals surface area (Å²) >= 11 is 6.17. The molecule has 1 heterocycles. The van der Waals surface area contributed by atoms with Crippen molar-refractivity contribution in [1.82, 2.24) is 9.99 Å². The third-order valence-corrected chi connectivity index (χ3v) is 7.99. The Hall–Kier alpha value is -4.08. The molecule has 0 atom stereocenters. The number of nitrogens with one attached hydrogen (secondary N) is 1. The van der Waals surface area contributed by atoms with E-state index >= 15 is 0 Å². The topological polar surface area (TPSA) is 93.0 Å². The molecule has 39 heavy (non-hydrogen) atoms. The Kier molecular flexibility index (Phi) is 8.73. The monoisotopic (exact) mass is 564 g/mol. The summed E-state index contributed by atoms with van der Waals surface area (Å²) < 4.78 is 35.9. The molecule has 4 rings (SSSR count). The Labute approximate surface area is 233 Å². The minimum Gasteiger partial charge on any atom is -0.492 e. The van der Waals surface area contributed by atoms with Crippen molar-refractivity contribution in [3.63, 3.8) is 0 Å². The Morgan fingerprint density at radius 3 is 2.46 bits per heavy atom. The number of anilines is 1. The number of nitrogens with zero attached hydrogens (tertiary/aromatic N) is 3. The minimum atomic E-state index is -4.08. The van der Waals surface area contributed by atoms with Gasteiger partial charge in [-0.25, -0.2) is 13.8 Å². The third kappa shape index (κ3) is 6.32. The van der Waals surface area contributed by atoms with Crippen molar-refractivity contribution in [2.75, 3.05) is 17.5 Å². The zero-order valence-corrected chi connectivity index (χ0v) is 23.4. The maximum atomic E-state index is 13.6. The molecule has 0 fully saturated rings. The predicted molar refractivity (Wildman–Crippen MR) is 155 cm³/mol. The van der Waals surface area contributed by atoms with Gasteiger partial charge < -0.3 is 9.30 Å². The lowest BCUT2D eigenvalue weighted by Gasteiger charge is -2.25. The van der Waals surface area contributed by atoms with Gasteiger partial charge in [0.25, 0.3) is 15.9 Å². The first kappa shape index (κ1) is 27.9. The molecule has 1 N–H and O–H groups in total. The maximum absolute atomic E-state index is 13.6. The molecular weight excluding hydrogens is 536 g/mol. The Morgan fingerprint density at radius 1 is 1.03 bits per heavy atom. The first-order valence-electron chi connectivity index (χ1n) is 12.3. The number of para-hydroxylation sites is 2. The molecule has 0 saturated carbocycles. The summed E-state index contributed by atoms with van der Waals surface area (Å²) in [6.07, 6.45) is 1.53. The third-order valence-electron chi connectivity index (χ3n) is 5.98. The van der Waals surface area contributed by atoms with Crippen LogP contribution in [0.4, 0.5) is 5.69 Å². The van der Waals surface area contributed by atoms with Crippen LogP contribution in [0.5, 0.6) is 5.75 Å². The van der Waals surface area contributed by atoms with Gasteiger partial charge in [-0.05, 0) is 69.3 Å². The second-order valence-electron chi connectivity index (χ2n) is 8.66. The van der Waals surface area contributed by atoms with Crippen LogP contribution in [0.25, 0.3) is 5.69 Å². The highest BCUT2D eigenvalue weighted by atomic mass is 35.5. The molecule has 1 aromatic heterocycles. The van der Waals surface area contributed by atoms with E-state index in [9.17, 15) is 13.2 Å². The van der Waals surface area contributed by atoms with E-state index in [0.29, 0.717) is 17.4 Å². The standard InChI is InChI=1S/C29H29ClN4O4S/c1-4-38-28-16-9-8-15-27(28)33(39(36,37)26-13-6-5-7-14-26)20-29(35)32-31-19-23-17-21(2)34(22(23)3)25-12-10-11-24(30)18-25/h5-19H,4,20H2,1-3H3,(H,32,35)/b31-19-. The van der Waals surface area contributed by atoms with Crippen molar-refractivity contribution in [2.24, 2.45) is 5.10 Å². The van der Waals surface area contributed by atoms with Crippen molar-refractivity contribution < 1.29 is 17.9 Å². The van der Waals surface area contributed by atoms with E-state index < -0.39 is 22.5 Å². The van der Waals surface area contributed by atoms with E-state index in [1.165, 1.54) is 18.3 Å². The van der Waals surface area contributed by atoms with Crippen molar-refractivity contribution in [1.29, 1.82) is 0 Å². The fraction of sp³-hybridized carbons (Fsp3) is 0.172. The minimum absolute atomic E-state index is 0.0565. The molecule has 0 bridgehead atoms. The molecule has 202 valence electrons. The number of aromatic nitrogens is 1. The Morgan fingerprint density at radius 2 is 1.74 bits per heavy atom. The molecule has 1 amide bonds. The van der Waals surface area contributed by atoms with E-state index in [1.54, 1.807) is 49.4 Å². The van der Waals surface area contributed by atoms with E-state index in [4.69, 9.17) is 16.3 Å². The maximum Gasteiger partial charge on any atom is 0.264 e. The zero-order valence-electron chi connectivity index (χ0n) is 21.8. The molecule has 0 unspecified atom stereocenters. The first-order chi connectivity index (χ1) is 18.7. The number of benzene rings is 3. The fourth-order valence-electron chi connectivity index (χ4n) is 4.23. The van der Waals surface area contributed by atoms with Gasteiger partial charge in [-0.15, -0.1) is 0 Å². The Balaban J connectivity index is 1.58. The number of rotatable bonds is 10. The summed E-state index contributed by atoms with van der Waals surface area (Å²) in [5.74, 6) is -0.259. The van der Waals surface area contributed by atoms with E-state index in [-0.39, 0.29) is 10.6 Å². The SMILES string of the molecule is CCOc1ccccc1N(CC(=O)N/N=C\c1cc(C)n(-c2cccc(Cl)c2)c1C)S(=O)(=O)c1ccccc1. The van der Waals surface area contributed by atoms with Crippen LogP contribution in [0.15, 0.2) is 94.9 Å². The number of hydrogen-bond acceptors (Lipinski definition) is 5. The number of hydrazone groups is 1. The molecule has 4 aromatic rings. The quantitative estimate of drug-likeness (QED) is 0.203. The molecule has 0 aliphatic heterocycles. The molecule has 8 nitrogen and oxygen atoms in total. The fourth-order valence-corrected chi connectivity index (χ4v) is 5.87. The number of sulfonamides is 1. The summed E-state index contributed by atoms with van der Waals surface area (Å²) in [4.78, 5) is 13.0. The van der Waals surface area contributed by atoms with Crippen molar-refractivity contribution in [3.05, 3.63) is 107 Å². The normalized spacial score (nSPS) is 11.5. The Bertz CT molecular complexity index is 1600. The second-order valence-corrected chi connectivity index (χ2v) is 11.0. The lowest BCUT2D eigenvalue weighted by molar-refractivity contribution is -0.119. The molecule has 10 heteroatoms. The average molecular weight is 565 g/mol. The highest BCUT2D eigenvalue weighted by Crippen LogP contribution is 2.32. The molecule has 0 saturated heterocycles. The molecule has 0 aliphatic rings. The van der Waals surface area contributed by atoms with E-state index in [0.717, 1.165) is 26.9 Å². The lowest BCUT2D eigenvalue weighted by atomic mass is 10.2. The number of carbonyl (C=O) groups excluding carboxylic acids is 1. The zero-order chi connectivity index (χ0) is 28.0. The number of amides is 1. The molecule has 0 spiro atoms. The number of ether oxygens (including phenoxy) is 1. The summed E-state index contributed by atoms with van der Waals surface area (Å²) in [6.45, 7) is 5.54. The van der Waals surface area contributed by atoms with Crippen LogP contribution in [0, 0.1) is 13.8 Å². The summed E-state index contributed by atoms with van der Waals surface area (Å²) in [5, 5.41) is 4.74. The number of hydrogen-bond donors (Lipinski definition) is 1. The van der Waals surface area contributed by atoms with Crippen LogP contribution in [0.3, 0.4) is 0 Å². The van der Waals surface area contributed by atoms with Gasteiger partial charge in [-0.1, -0.05) is 48.0 Å². The van der Waals surface area contributed by atoms with Crippen molar-refractivity contribution in [3.8, 4) is 11.4 Å². The van der Waals surface area contributed by atoms with E-state index in [1.807, 2.05) is 48.7 Å². The van der Waals surface area contributed by atoms with Gasteiger partial charge >= 0.3 is 0 Å². The van der Waals surface area contributed by atoms with Gasteiger partial charge in [0.1, 0.15) is 12.3 Å². The molecule has 3 aromatic carbocycles. The van der Waals surface area contributed by atoms with Gasteiger partial charge in [0.05, 0.1) is 23.4 Å². The number of aryl methyl sites for hydroxylation is 1. The van der Waals surface area contributed by atoms with Gasteiger partial charge in [0, 0.05) is 27.7 Å². The highest BCUT2D eigenvalue weighted by Gasteiger charge is 2.29. The smallest absolute Gasteiger partial charge is 0.264 e. The van der Waals surface area contributed by atoms with Gasteiger partial charge in [0.2, 0.25) is 0 Å². The van der Waals surface area contributed by atoms with Crippen LogP contribution >= 0.6 is 11.6 Å². The van der Waals surface area contributed by atoms with Gasteiger partial charge in [-0.2, -0.15) is 5.10 Å².